The van der Waals surface area contributed by atoms with Crippen molar-refractivity contribution < 1.29 is 30.0 Å². The highest BCUT2D eigenvalue weighted by molar-refractivity contribution is 7.10. The van der Waals surface area contributed by atoms with Crippen LogP contribution in [0, 0.1) is 5.92 Å². The molecule has 1 aromatic rings. The first-order valence-electron chi connectivity index (χ1n) is 9.59. The zero-order chi connectivity index (χ0) is 21.9. The van der Waals surface area contributed by atoms with Crippen molar-refractivity contribution in [3.8, 4) is 0 Å². The number of hydrogen-bond donors (Lipinski definition) is 5. The number of fused-ring (bicyclic) bond motifs is 1. The molecule has 5 N–H and O–H groups in total. The number of Topliss-reactive ketones (excluding diaryl/α,β-unsaturated/α-hetero) is 1. The highest BCUT2D eigenvalue weighted by Crippen LogP contribution is 2.34. The third-order valence-electron chi connectivity index (χ3n) is 5.60. The van der Waals surface area contributed by atoms with E-state index >= 15 is 0 Å². The molecule has 3 atom stereocenters. The van der Waals surface area contributed by atoms with E-state index in [9.17, 15) is 30.0 Å². The largest absolute Gasteiger partial charge is 0.511 e. The van der Waals surface area contributed by atoms with Crippen LogP contribution in [0.25, 0.3) is 0 Å². The molecule has 0 fully saturated rings. The minimum atomic E-state index is -1.40. The number of aliphatic hydroxyl groups excluding tert-OH is 4. The van der Waals surface area contributed by atoms with Gasteiger partial charge >= 0.3 is 0 Å². The fourth-order valence-corrected chi connectivity index (χ4v) is 4.50. The maximum Gasteiger partial charge on any atom is 0.261 e. The molecule has 30 heavy (non-hydrogen) atoms. The summed E-state index contributed by atoms with van der Waals surface area (Å²) in [5.41, 5.74) is -1.66. The zero-order valence-electron chi connectivity index (χ0n) is 16.6. The molecule has 1 amide bonds. The summed E-state index contributed by atoms with van der Waals surface area (Å²) in [6.07, 6.45) is 6.91. The maximum atomic E-state index is 13.2. The molecule has 0 saturated heterocycles. The lowest BCUT2D eigenvalue weighted by Crippen LogP contribution is -2.56. The highest BCUT2D eigenvalue weighted by Gasteiger charge is 2.42. The Morgan fingerprint density at radius 2 is 1.90 bits per heavy atom. The quantitative estimate of drug-likeness (QED) is 0.357. The van der Waals surface area contributed by atoms with Crippen LogP contribution in [-0.4, -0.2) is 75.5 Å². The molecule has 3 rings (SSSR count). The molecule has 0 bridgehead atoms. The van der Waals surface area contributed by atoms with E-state index in [0.717, 1.165) is 4.88 Å². The average molecular weight is 435 g/mol. The van der Waals surface area contributed by atoms with Gasteiger partial charge in [0.05, 0.1) is 37.3 Å². The predicted octanol–water partition coefficient (Wildman–Crippen LogP) is 0.449. The summed E-state index contributed by atoms with van der Waals surface area (Å²) in [6, 6.07) is 2.54. The van der Waals surface area contributed by atoms with Crippen LogP contribution in [0.1, 0.15) is 17.3 Å². The summed E-state index contributed by atoms with van der Waals surface area (Å²) in [4.78, 5) is 28.2. The van der Waals surface area contributed by atoms with Crippen molar-refractivity contribution >= 4 is 23.0 Å². The monoisotopic (exact) mass is 434 g/mol. The number of allylic oxidation sites excluding steroid dienone is 2. The van der Waals surface area contributed by atoms with E-state index in [1.54, 1.807) is 43.5 Å². The fourth-order valence-electron chi connectivity index (χ4n) is 3.72. The summed E-state index contributed by atoms with van der Waals surface area (Å²) in [5.74, 6) is -1.85. The lowest BCUT2D eigenvalue weighted by molar-refractivity contribution is -0.132. The second kappa shape index (κ2) is 9.23. The molecule has 2 heterocycles. The topological polar surface area (TPSA) is 130 Å². The molecule has 8 nitrogen and oxygen atoms in total. The van der Waals surface area contributed by atoms with Gasteiger partial charge in [0, 0.05) is 24.4 Å². The lowest BCUT2D eigenvalue weighted by atomic mass is 9.84. The molecule has 9 heteroatoms. The number of ketones is 1. The Balaban J connectivity index is 1.91. The van der Waals surface area contributed by atoms with E-state index in [0.29, 0.717) is 0 Å². The van der Waals surface area contributed by atoms with Crippen LogP contribution < -0.4 is 5.32 Å². The van der Waals surface area contributed by atoms with Gasteiger partial charge in [-0.25, -0.2) is 0 Å². The van der Waals surface area contributed by atoms with E-state index in [-0.39, 0.29) is 23.8 Å². The SMILES string of the molecule is CN1C(=O)C(C(=O)C[C@H](NC(CO)(CO)CO)c2cccs2)=C(O)[C@@H]2C=CC=C[C@@H]21. The second-order valence-electron chi connectivity index (χ2n) is 7.56. The van der Waals surface area contributed by atoms with Gasteiger partial charge in [0.1, 0.15) is 11.3 Å². The minimum Gasteiger partial charge on any atom is -0.511 e. The molecule has 162 valence electrons. The van der Waals surface area contributed by atoms with Crippen LogP contribution in [0.4, 0.5) is 0 Å². The molecule has 0 spiro atoms. The Labute approximate surface area is 178 Å². The van der Waals surface area contributed by atoms with Crippen LogP contribution in [0.2, 0.25) is 0 Å². The number of likely N-dealkylation sites (N-methyl/N-ethyl adjacent to an activating group) is 1. The molecule has 0 aromatic carbocycles. The summed E-state index contributed by atoms with van der Waals surface area (Å²) in [6.45, 7) is -1.65. The van der Waals surface area contributed by atoms with Crippen molar-refractivity contribution in [3.05, 3.63) is 58.0 Å². The molecule has 0 saturated carbocycles. The zero-order valence-corrected chi connectivity index (χ0v) is 17.4. The standard InChI is InChI=1S/C21H26N2O6S/c1-23-15-6-3-2-5-13(15)19(28)18(20(23)29)16(27)9-14(17-7-4-8-30-17)22-21(10-24,11-25)12-26/h2-8,13-15,22,24-26,28H,9-12H2,1H3/t13-,14+,15+/m1/s1. The van der Waals surface area contributed by atoms with Crippen molar-refractivity contribution in [3.63, 3.8) is 0 Å². The number of nitrogens with one attached hydrogen (secondary N) is 1. The van der Waals surface area contributed by atoms with Gasteiger partial charge in [0.25, 0.3) is 5.91 Å². The van der Waals surface area contributed by atoms with Gasteiger partial charge in [-0.1, -0.05) is 30.4 Å². The third-order valence-corrected chi connectivity index (χ3v) is 6.59. The van der Waals surface area contributed by atoms with Crippen LogP contribution >= 0.6 is 11.3 Å². The number of rotatable bonds is 9. The molecule has 0 radical (unpaired) electrons. The predicted molar refractivity (Wildman–Crippen MR) is 112 cm³/mol. The van der Waals surface area contributed by atoms with Crippen molar-refractivity contribution in [2.75, 3.05) is 26.9 Å². The van der Waals surface area contributed by atoms with Gasteiger partial charge in [-0.2, -0.15) is 0 Å². The number of hydrogen-bond acceptors (Lipinski definition) is 8. The Morgan fingerprint density at radius 3 is 2.50 bits per heavy atom. The number of aliphatic hydroxyl groups is 4. The van der Waals surface area contributed by atoms with Gasteiger partial charge in [-0.3, -0.25) is 14.9 Å². The van der Waals surface area contributed by atoms with Crippen molar-refractivity contribution in [2.45, 2.75) is 24.0 Å². The lowest BCUT2D eigenvalue weighted by Gasteiger charge is -2.38. The van der Waals surface area contributed by atoms with Gasteiger partial charge in [-0.15, -0.1) is 11.3 Å². The molecule has 1 aliphatic heterocycles. The van der Waals surface area contributed by atoms with Gasteiger partial charge in [0.2, 0.25) is 0 Å². The van der Waals surface area contributed by atoms with E-state index in [1.807, 2.05) is 5.38 Å². The molecular formula is C21H26N2O6S. The van der Waals surface area contributed by atoms with Crippen LogP contribution in [0.15, 0.2) is 53.1 Å². The summed E-state index contributed by atoms with van der Waals surface area (Å²) >= 11 is 1.36. The van der Waals surface area contributed by atoms with E-state index in [1.165, 1.54) is 16.2 Å². The maximum absolute atomic E-state index is 13.2. The summed E-state index contributed by atoms with van der Waals surface area (Å²) < 4.78 is 0. The number of amides is 1. The van der Waals surface area contributed by atoms with Crippen LogP contribution in [-0.2, 0) is 9.59 Å². The van der Waals surface area contributed by atoms with Crippen LogP contribution in [0.5, 0.6) is 0 Å². The third kappa shape index (κ3) is 4.12. The number of carbonyl (C=O) groups is 2. The Kier molecular flexibility index (Phi) is 6.89. The summed E-state index contributed by atoms with van der Waals surface area (Å²) in [5, 5.41) is 44.5. The fraction of sp³-hybridized carbons (Fsp3) is 0.429. The number of nitrogens with zero attached hydrogens (tertiary/aromatic N) is 1. The average Bonchev–Trinajstić information content (AvgIpc) is 3.30. The van der Waals surface area contributed by atoms with Gasteiger partial charge in [0.15, 0.2) is 5.78 Å². The highest BCUT2D eigenvalue weighted by atomic mass is 32.1. The first kappa shape index (κ1) is 22.4. The molecular weight excluding hydrogens is 408 g/mol. The summed E-state index contributed by atoms with van der Waals surface area (Å²) in [7, 11) is 1.59. The van der Waals surface area contributed by atoms with Gasteiger partial charge < -0.3 is 25.3 Å². The molecule has 0 unspecified atom stereocenters. The normalized spacial score (nSPS) is 22.4. The Morgan fingerprint density at radius 1 is 1.23 bits per heavy atom. The van der Waals surface area contributed by atoms with Crippen molar-refractivity contribution in [1.29, 1.82) is 0 Å². The molecule has 1 aromatic heterocycles. The number of thiophene rings is 1. The molecule has 2 aliphatic rings. The van der Waals surface area contributed by atoms with E-state index in [2.05, 4.69) is 5.32 Å². The van der Waals surface area contributed by atoms with Crippen molar-refractivity contribution in [1.82, 2.24) is 10.2 Å². The minimum absolute atomic E-state index is 0.196. The van der Waals surface area contributed by atoms with E-state index < -0.39 is 49.0 Å². The number of carbonyl (C=O) groups excluding carboxylic acids is 2. The van der Waals surface area contributed by atoms with Crippen molar-refractivity contribution in [2.24, 2.45) is 5.92 Å². The van der Waals surface area contributed by atoms with Gasteiger partial charge in [-0.05, 0) is 11.4 Å². The van der Waals surface area contributed by atoms with Crippen LogP contribution in [0.3, 0.4) is 0 Å². The van der Waals surface area contributed by atoms with E-state index in [4.69, 9.17) is 0 Å². The first-order chi connectivity index (χ1) is 14.4. The second-order valence-corrected chi connectivity index (χ2v) is 8.54. The Bertz CT molecular complexity index is 864. The molecule has 1 aliphatic carbocycles. The first-order valence-corrected chi connectivity index (χ1v) is 10.5. The Hall–Kier alpha value is -2.30. The smallest absolute Gasteiger partial charge is 0.261 e.